The Kier molecular flexibility index (Phi) is 36.0. The fourth-order valence-corrected chi connectivity index (χ4v) is 15.3. The Morgan fingerprint density at radius 2 is 0.753 bits per heavy atom. The summed E-state index contributed by atoms with van der Waals surface area (Å²) in [5.41, 5.74) is 17.2. The van der Waals surface area contributed by atoms with Crippen LogP contribution < -0.4 is 65.9 Å². The Bertz CT molecular complexity index is 6810. The Hall–Kier alpha value is -16.3. The van der Waals surface area contributed by atoms with Crippen LogP contribution in [-0.4, -0.2) is 166 Å². The number of rotatable bonds is 26. The lowest BCUT2D eigenvalue weighted by Crippen LogP contribution is -2.28. The summed E-state index contributed by atoms with van der Waals surface area (Å²) in [6.45, 7) is 1.31. The van der Waals surface area contributed by atoms with Gasteiger partial charge >= 0.3 is 11.9 Å². The van der Waals surface area contributed by atoms with Crippen molar-refractivity contribution < 1.29 is 96.4 Å². The SMILES string of the molecule is NCC(=O)c1ccccc1.Nc1cc(Cl)ncn1.O=C(CCC(=O)C1COc2ccc(Oc3cc(NC(=O)C4CC4)ncn3)cc2C1)c1ccccc1.O=C(Cl)C1CC1.O=C(Nc1cc(Cl)ncn1)C1CC1.O=C(Nc1cc(Oc2ccc3c(c2)CC(c2ncc(-c4ccccc4)[nH]2)CO3)ncn1)C1CC1.O=C(O)C1COc2ccc(O)cc2C1.O=C(O)C1COc2ccc(Oc3cc(NC(=O)C4CC4)ncn3)cc2C1. The van der Waals surface area contributed by atoms with Gasteiger partial charge in [0.25, 0.3) is 0 Å². The number of halogens is 3. The third-order valence-electron chi connectivity index (χ3n) is 23.5. The molecule has 13 aromatic rings. The van der Waals surface area contributed by atoms with E-state index in [2.05, 4.69) is 93.2 Å². The second-order valence-corrected chi connectivity index (χ2v) is 36.2. The first-order valence-electron chi connectivity index (χ1n) is 47.0. The average Bonchev–Trinajstić information content (AvgIpc) is 1.64. The summed E-state index contributed by atoms with van der Waals surface area (Å²) in [7, 11) is 0. The highest BCUT2D eigenvalue weighted by Crippen LogP contribution is 2.41. The Balaban J connectivity index is 0.000000133. The van der Waals surface area contributed by atoms with Gasteiger partial charge in [-0.3, -0.25) is 47.9 Å². The molecule has 4 aliphatic heterocycles. The zero-order chi connectivity index (χ0) is 103. The second kappa shape index (κ2) is 50.6. The van der Waals surface area contributed by atoms with Crippen LogP contribution in [0.5, 0.6) is 63.6 Å². The number of amides is 4. The standard InChI is InChI=1S/C27H25N3O5.C26H23N5O3.C18H17N3O5.C10H10O4.C8H8ClN3O.C8H9NO.C4H4ClN3.C4H5ClO/c31-22(17-4-2-1-3-5-17)9-10-23(32)20-12-19-13-21(8-11-24(19)34-15-20)35-26-14-25(28-16-29-26)30-27(33)18-6-7-18;32-26(17-6-7-17)31-23-12-24(29-15-28-23)34-20-8-9-22-18(11-20)10-19(14-33-22)25-27-13-21(30-25)16-4-2-1-3-5-16;22-17(10-1-2-10)21-15-7-16(20-9-19-15)26-13-3-4-14-11(6-13)5-12(8-25-14)18(23)24;11-8-1-2-9-6(4-8)3-7(5-14-9)10(12)13;9-6-3-7(11-4-10-6)12-8(13)5-1-2-5;9-6-8(10)7-4-2-1-3-5-7;5-3-1-4(6)8-2-7-3;5-4(6)3-1-2-3/h1-5,8,11,13-14,16,18,20H,6-7,9-10,12,15H2,(H,28,29,30,33);1-5,8-9,11-13,15,17,19H,6-7,10,14H2,(H,27,30)(H,28,29,31,32);3-4,6-7,9-10,12H,1-2,5,8H2,(H,23,24)(H,19,20,21,22);1-2,4,7,11H,3,5H2,(H,12,13);3-5H,1-2H2,(H,10,11,12,13);1-5H,6,9H2;1-2H,(H2,6,7,8);3H,1-2H2. The molecule has 0 radical (unpaired) electrons. The van der Waals surface area contributed by atoms with E-state index in [9.17, 15) is 53.1 Å². The van der Waals surface area contributed by atoms with Crippen molar-refractivity contribution in [1.29, 1.82) is 0 Å². The Labute approximate surface area is 851 Å². The third-order valence-corrected chi connectivity index (χ3v) is 24.3. The van der Waals surface area contributed by atoms with E-state index in [-0.39, 0.29) is 132 Å². The largest absolute Gasteiger partial charge is 0.508 e. The number of Topliss-reactive ketones (excluding diaryl/α,β-unsaturated/α-hetero) is 3. The number of imidazole rings is 1. The molecule has 6 aromatic heterocycles. The minimum atomic E-state index is -0.881. The number of nitrogens with two attached hydrogens (primary N) is 2. The molecule has 22 rings (SSSR count). The maximum Gasteiger partial charge on any atom is 0.310 e. The molecule has 0 spiro atoms. The number of benzene rings is 7. The normalized spacial score (nSPS) is 16.4. The molecule has 5 saturated carbocycles. The highest BCUT2D eigenvalue weighted by atomic mass is 35.5. The van der Waals surface area contributed by atoms with Crippen LogP contribution in [-0.2, 0) is 64.0 Å². The molecule has 38 nitrogen and oxygen atoms in total. The maximum absolute atomic E-state index is 12.8. The molecule has 752 valence electrons. The lowest BCUT2D eigenvalue weighted by molar-refractivity contribution is -0.144. The Morgan fingerprint density at radius 1 is 0.384 bits per heavy atom. The number of aromatic hydroxyl groups is 1. The number of phenols is 1. The summed E-state index contributed by atoms with van der Waals surface area (Å²) >= 11 is 16.1. The van der Waals surface area contributed by atoms with Crippen LogP contribution in [0.1, 0.15) is 132 Å². The molecule has 41 heteroatoms. The van der Waals surface area contributed by atoms with Crippen LogP contribution in [0.25, 0.3) is 11.3 Å². The predicted octanol–water partition coefficient (Wildman–Crippen LogP) is 16.6. The van der Waals surface area contributed by atoms with Crippen molar-refractivity contribution in [3.8, 4) is 74.9 Å². The molecule has 4 unspecified atom stereocenters. The molecule has 12 N–H and O–H groups in total. The van der Waals surface area contributed by atoms with Crippen molar-refractivity contribution in [2.24, 2.45) is 53.1 Å². The van der Waals surface area contributed by atoms with Crippen LogP contribution in [0, 0.1) is 47.3 Å². The molecular weight excluding hydrogens is 1940 g/mol. The molecule has 146 heavy (non-hydrogen) atoms. The van der Waals surface area contributed by atoms with Gasteiger partial charge in [-0.15, -0.1) is 0 Å². The molecule has 10 heterocycles. The highest BCUT2D eigenvalue weighted by molar-refractivity contribution is 6.64. The molecular formula is C105H101Cl3N18O20. The zero-order valence-electron chi connectivity index (χ0n) is 78.5. The number of aliphatic carboxylic acids is 2. The summed E-state index contributed by atoms with van der Waals surface area (Å²) in [5.74, 6) is 6.20. The van der Waals surface area contributed by atoms with E-state index in [1.54, 1.807) is 84.9 Å². The first-order valence-corrected chi connectivity index (χ1v) is 48.1. The van der Waals surface area contributed by atoms with E-state index in [1.165, 1.54) is 49.8 Å². The predicted molar refractivity (Wildman–Crippen MR) is 535 cm³/mol. The van der Waals surface area contributed by atoms with Gasteiger partial charge in [-0.25, -0.2) is 54.8 Å². The number of ether oxygens (including phenoxy) is 7. The van der Waals surface area contributed by atoms with E-state index >= 15 is 0 Å². The van der Waals surface area contributed by atoms with Crippen LogP contribution in [0.4, 0.5) is 29.1 Å². The summed E-state index contributed by atoms with van der Waals surface area (Å²) in [6, 6.07) is 57.0. The van der Waals surface area contributed by atoms with Crippen molar-refractivity contribution in [2.75, 3.05) is 60.0 Å². The first-order chi connectivity index (χ1) is 70.7. The van der Waals surface area contributed by atoms with E-state index in [0.717, 1.165) is 116 Å². The van der Waals surface area contributed by atoms with Gasteiger partial charge in [0.1, 0.15) is 142 Å². The van der Waals surface area contributed by atoms with Crippen LogP contribution in [0.2, 0.25) is 10.3 Å². The Morgan fingerprint density at radius 3 is 1.14 bits per heavy atom. The van der Waals surface area contributed by atoms with Gasteiger partial charge in [0.05, 0.1) is 55.3 Å². The van der Waals surface area contributed by atoms with Crippen molar-refractivity contribution in [3.05, 3.63) is 281 Å². The number of ketones is 3. The van der Waals surface area contributed by atoms with E-state index in [0.29, 0.717) is 129 Å². The number of aromatic nitrogens is 12. The van der Waals surface area contributed by atoms with Crippen LogP contribution in [0.15, 0.2) is 232 Å². The monoisotopic (exact) mass is 2040 g/mol. The fraction of sp³-hybridized carbons (Fsp3) is 0.286. The number of fused-ring (bicyclic) bond motifs is 4. The van der Waals surface area contributed by atoms with Crippen molar-refractivity contribution in [3.63, 3.8) is 0 Å². The van der Waals surface area contributed by atoms with Gasteiger partial charge in [-0.1, -0.05) is 114 Å². The number of anilines is 5. The number of hydrogen-bond donors (Lipinski definition) is 10. The highest BCUT2D eigenvalue weighted by Gasteiger charge is 2.36. The summed E-state index contributed by atoms with van der Waals surface area (Å²) in [6.07, 6.45) is 20.5. The molecule has 0 saturated heterocycles. The quantitative estimate of drug-likeness (QED) is 0.0137. The average molecular weight is 2040 g/mol. The molecule has 5 aliphatic carbocycles. The van der Waals surface area contributed by atoms with Crippen molar-refractivity contribution in [1.82, 2.24) is 59.8 Å². The number of hydrogen-bond acceptors (Lipinski definition) is 31. The van der Waals surface area contributed by atoms with Gasteiger partial charge in [-0.05, 0) is 202 Å². The third kappa shape index (κ3) is 32.1. The van der Waals surface area contributed by atoms with E-state index < -0.39 is 23.8 Å². The van der Waals surface area contributed by atoms with E-state index in [1.807, 2.05) is 85.1 Å². The summed E-state index contributed by atoms with van der Waals surface area (Å²) in [5, 5.41) is 38.7. The van der Waals surface area contributed by atoms with E-state index in [4.69, 9.17) is 89.6 Å². The van der Waals surface area contributed by atoms with Crippen molar-refractivity contribution in [2.45, 2.75) is 109 Å². The molecule has 0 bridgehead atoms. The molecule has 4 atom stereocenters. The summed E-state index contributed by atoms with van der Waals surface area (Å²) in [4.78, 5) is 162. The number of phenolic OH excluding ortho intramolecular Hbond substituents is 1. The fourth-order valence-electron chi connectivity index (χ4n) is 14.8. The zero-order valence-corrected chi connectivity index (χ0v) is 80.7. The maximum atomic E-state index is 12.8. The number of carbonyl (C=O) groups excluding carboxylic acids is 8. The van der Waals surface area contributed by atoms with Gasteiger partial charge < -0.3 is 86.2 Å². The number of H-pyrrole nitrogens is 1. The molecule has 7 aromatic carbocycles. The van der Waals surface area contributed by atoms with Crippen LogP contribution >= 0.6 is 34.8 Å². The number of nitrogens with one attached hydrogen (secondary N) is 5. The van der Waals surface area contributed by atoms with Gasteiger partial charge in [0.15, 0.2) is 11.6 Å². The number of nitrogen functional groups attached to an aromatic ring is 1. The number of nitrogens with zero attached hydrogens (tertiary/aromatic N) is 11. The van der Waals surface area contributed by atoms with Gasteiger partial charge in [0.2, 0.25) is 46.5 Å². The molecule has 9 aliphatic rings. The smallest absolute Gasteiger partial charge is 0.310 e. The van der Waals surface area contributed by atoms with Crippen molar-refractivity contribution >= 4 is 122 Å². The molecule has 5 fully saturated rings. The lowest BCUT2D eigenvalue weighted by atomic mass is 9.90. The first kappa shape index (κ1) is 104. The topological polar surface area (TPSA) is 554 Å². The number of aromatic amines is 1. The number of carboxylic acid groups (broad SMARTS) is 2. The minimum absolute atomic E-state index is 0.00466. The number of carbonyl (C=O) groups is 10. The molecule has 4 amide bonds. The summed E-state index contributed by atoms with van der Waals surface area (Å²) < 4.78 is 40.1. The van der Waals surface area contributed by atoms with Gasteiger partial charge in [-0.2, -0.15) is 0 Å². The number of carboxylic acids is 2. The van der Waals surface area contributed by atoms with Crippen LogP contribution in [0.3, 0.4) is 0 Å². The minimum Gasteiger partial charge on any atom is -0.508 e. The van der Waals surface area contributed by atoms with Gasteiger partial charge in [0, 0.05) is 83.9 Å². The lowest BCUT2D eigenvalue weighted by Gasteiger charge is -2.24. The second-order valence-electron chi connectivity index (χ2n) is 35.1.